The van der Waals surface area contributed by atoms with Gasteiger partial charge in [-0.3, -0.25) is 0 Å². The molecule has 2 atom stereocenters. The second-order valence-electron chi connectivity index (χ2n) is 9.38. The molecule has 0 N–H and O–H groups in total. The first-order valence-electron chi connectivity index (χ1n) is 12.9. The van der Waals surface area contributed by atoms with Gasteiger partial charge in [-0.15, -0.1) is 0 Å². The molecule has 4 heterocycles. The zero-order chi connectivity index (χ0) is 28.7. The predicted molar refractivity (Wildman–Crippen MR) is 142 cm³/mol. The molecule has 1 saturated heterocycles. The molecule has 0 radical (unpaired) electrons. The van der Waals surface area contributed by atoms with Crippen LogP contribution in [-0.4, -0.2) is 75.9 Å². The fourth-order valence-corrected chi connectivity index (χ4v) is 7.74. The number of ether oxygens (including phenoxy) is 4. The molecule has 214 valence electrons. The second-order valence-corrected chi connectivity index (χ2v) is 11.5. The number of rotatable bonds is 5. The first-order valence-corrected chi connectivity index (χ1v) is 15.0. The Kier molecular flexibility index (Phi) is 7.41. The molecule has 2 aromatic carbocycles. The Hall–Kier alpha value is -3.93. The molecule has 3 aromatic rings. The summed E-state index contributed by atoms with van der Waals surface area (Å²) in [7, 11) is 0. The fraction of sp³-hybridized carbons (Fsp3) is 0.321. The number of amides is 1. The summed E-state index contributed by atoms with van der Waals surface area (Å²) in [6.45, 7) is 1.68. The summed E-state index contributed by atoms with van der Waals surface area (Å²) in [6.07, 6.45) is -0.167. The number of halogens is 2. The van der Waals surface area contributed by atoms with Crippen LogP contribution in [0.15, 0.2) is 53.5 Å². The van der Waals surface area contributed by atoms with E-state index in [0.29, 0.717) is 10.9 Å². The second kappa shape index (κ2) is 11.2. The summed E-state index contributed by atoms with van der Waals surface area (Å²) in [5.41, 5.74) is 1.01. The Labute approximate surface area is 239 Å². The van der Waals surface area contributed by atoms with E-state index in [4.69, 9.17) is 18.9 Å². The van der Waals surface area contributed by atoms with Crippen LogP contribution in [0.25, 0.3) is 0 Å². The SMILES string of the molecule is CCOC(=O)OCOc1c2n(ccc1=O)N([C@@H]1c3ccccc3[Se]Cc3c1ccc(F)c3F)[C@@H]1COCCN1C2=O. The molecule has 6 rings (SSSR count). The summed E-state index contributed by atoms with van der Waals surface area (Å²) >= 11 is -0.200. The maximum atomic E-state index is 15.3. The molecule has 10 nitrogen and oxygen atoms in total. The van der Waals surface area contributed by atoms with Crippen LogP contribution in [0.4, 0.5) is 13.6 Å². The van der Waals surface area contributed by atoms with E-state index >= 15 is 4.39 Å². The number of hydrogen-bond acceptors (Lipinski definition) is 8. The van der Waals surface area contributed by atoms with Crippen LogP contribution in [0.3, 0.4) is 0 Å². The summed E-state index contributed by atoms with van der Waals surface area (Å²) in [6, 6.07) is 10.9. The number of fused-ring (bicyclic) bond motifs is 4. The van der Waals surface area contributed by atoms with Crippen molar-refractivity contribution >= 4 is 31.5 Å². The topological polar surface area (TPSA) is 99.5 Å². The van der Waals surface area contributed by atoms with Crippen LogP contribution in [-0.2, 0) is 19.5 Å². The molecule has 0 aliphatic carbocycles. The van der Waals surface area contributed by atoms with Gasteiger partial charge in [0.25, 0.3) is 0 Å². The molecule has 3 aliphatic heterocycles. The zero-order valence-corrected chi connectivity index (χ0v) is 23.6. The zero-order valence-electron chi connectivity index (χ0n) is 21.9. The van der Waals surface area contributed by atoms with Crippen molar-refractivity contribution in [2.75, 3.05) is 38.2 Å². The van der Waals surface area contributed by atoms with Gasteiger partial charge in [-0.1, -0.05) is 0 Å². The Morgan fingerprint density at radius 1 is 1.10 bits per heavy atom. The molecular weight excluding hydrogens is 607 g/mol. The normalized spacial score (nSPS) is 19.3. The number of aromatic nitrogens is 1. The minimum atomic E-state index is -0.985. The number of nitrogens with zero attached hydrogens (tertiary/aromatic N) is 3. The molecule has 41 heavy (non-hydrogen) atoms. The maximum absolute atomic E-state index is 15.3. The van der Waals surface area contributed by atoms with E-state index in [-0.39, 0.29) is 58.3 Å². The number of carbonyl (C=O) groups is 2. The van der Waals surface area contributed by atoms with E-state index in [1.165, 1.54) is 16.9 Å². The van der Waals surface area contributed by atoms with E-state index in [1.54, 1.807) is 17.9 Å². The van der Waals surface area contributed by atoms with Crippen molar-refractivity contribution in [3.8, 4) is 5.75 Å². The van der Waals surface area contributed by atoms with Gasteiger partial charge >= 0.3 is 226 Å². The molecule has 1 aromatic heterocycles. The number of morpholine rings is 1. The van der Waals surface area contributed by atoms with Crippen molar-refractivity contribution in [2.24, 2.45) is 0 Å². The molecule has 0 bridgehead atoms. The van der Waals surface area contributed by atoms with Crippen LogP contribution in [0.5, 0.6) is 5.75 Å². The average molecular weight is 632 g/mol. The third kappa shape index (κ3) is 4.73. The van der Waals surface area contributed by atoms with Crippen molar-refractivity contribution in [2.45, 2.75) is 24.5 Å². The standard InChI is InChI=1S/C28H25F2N3O7Se/c1-2-38-28(36)40-15-39-26-20(34)9-10-32-25(26)27(35)31-11-12-37-13-22(31)33(32)24-16-7-8-19(29)23(30)18(16)14-41-21-6-4-3-5-17(21)24/h3-10,22,24H,2,11-15H2,1H3/t22-,24+/m1/s1. The Morgan fingerprint density at radius 2 is 1.93 bits per heavy atom. The van der Waals surface area contributed by atoms with Gasteiger partial charge in [-0.2, -0.15) is 0 Å². The first kappa shape index (κ1) is 27.2. The van der Waals surface area contributed by atoms with Crippen molar-refractivity contribution in [1.82, 2.24) is 9.58 Å². The quantitative estimate of drug-likeness (QED) is 0.240. The van der Waals surface area contributed by atoms with E-state index in [1.807, 2.05) is 29.3 Å². The van der Waals surface area contributed by atoms with Crippen LogP contribution >= 0.6 is 0 Å². The summed E-state index contributed by atoms with van der Waals surface area (Å²) in [4.78, 5) is 40.1. The van der Waals surface area contributed by atoms with Gasteiger partial charge in [-0.25, -0.2) is 0 Å². The molecule has 0 unspecified atom stereocenters. The van der Waals surface area contributed by atoms with Crippen molar-refractivity contribution < 1.29 is 37.3 Å². The van der Waals surface area contributed by atoms with Gasteiger partial charge in [-0.05, 0) is 6.92 Å². The molecule has 1 fully saturated rings. The summed E-state index contributed by atoms with van der Waals surface area (Å²) in [5.74, 6) is -2.61. The molecule has 13 heteroatoms. The molecule has 0 spiro atoms. The molecule has 0 saturated carbocycles. The van der Waals surface area contributed by atoms with E-state index in [9.17, 15) is 18.8 Å². The van der Waals surface area contributed by atoms with Gasteiger partial charge in [0, 0.05) is 0 Å². The Bertz CT molecular complexity index is 1580. The molecule has 1 amide bonds. The Balaban J connectivity index is 1.54. The fourth-order valence-electron chi connectivity index (χ4n) is 5.41. The number of hydrogen-bond donors (Lipinski definition) is 0. The van der Waals surface area contributed by atoms with E-state index in [0.717, 1.165) is 16.1 Å². The number of pyridine rings is 1. The van der Waals surface area contributed by atoms with Gasteiger partial charge in [0.2, 0.25) is 0 Å². The van der Waals surface area contributed by atoms with Crippen molar-refractivity contribution in [3.05, 3.63) is 92.9 Å². The third-order valence-corrected chi connectivity index (χ3v) is 9.52. The molecule has 3 aliphatic rings. The average Bonchev–Trinajstić information content (AvgIpc) is 3.14. The van der Waals surface area contributed by atoms with Crippen LogP contribution in [0.2, 0.25) is 0 Å². The number of carbonyl (C=O) groups excluding carboxylic acids is 2. The number of benzene rings is 2. The van der Waals surface area contributed by atoms with E-state index in [2.05, 4.69) is 0 Å². The Morgan fingerprint density at radius 3 is 2.76 bits per heavy atom. The molecular formula is C28H25F2N3O7Se. The van der Waals surface area contributed by atoms with Crippen LogP contribution in [0, 0.1) is 11.6 Å². The van der Waals surface area contributed by atoms with Crippen molar-refractivity contribution in [3.63, 3.8) is 0 Å². The minimum absolute atomic E-state index is 0.0838. The third-order valence-electron chi connectivity index (χ3n) is 7.18. The van der Waals surface area contributed by atoms with Crippen LogP contribution in [0.1, 0.15) is 40.1 Å². The van der Waals surface area contributed by atoms with Gasteiger partial charge < -0.3 is 0 Å². The summed E-state index contributed by atoms with van der Waals surface area (Å²) < 4.78 is 53.3. The van der Waals surface area contributed by atoms with Crippen molar-refractivity contribution in [1.29, 1.82) is 0 Å². The van der Waals surface area contributed by atoms with E-state index < -0.39 is 48.1 Å². The van der Waals surface area contributed by atoms with Gasteiger partial charge in [0.15, 0.2) is 0 Å². The first-order chi connectivity index (χ1) is 19.9. The van der Waals surface area contributed by atoms with Gasteiger partial charge in [0.05, 0.1) is 6.61 Å². The monoisotopic (exact) mass is 633 g/mol. The van der Waals surface area contributed by atoms with Crippen LogP contribution < -0.4 is 19.6 Å². The van der Waals surface area contributed by atoms with Gasteiger partial charge in [0.1, 0.15) is 0 Å². The summed E-state index contributed by atoms with van der Waals surface area (Å²) in [5, 5.41) is 2.19. The predicted octanol–water partition coefficient (Wildman–Crippen LogP) is 2.02.